The number of amides is 2. The van der Waals surface area contributed by atoms with Crippen LogP contribution < -0.4 is 10.6 Å². The Bertz CT molecular complexity index is 288. The highest BCUT2D eigenvalue weighted by molar-refractivity contribution is 5.74. The van der Waals surface area contributed by atoms with Crippen LogP contribution in [0, 0.1) is 11.8 Å². The predicted octanol–water partition coefficient (Wildman–Crippen LogP) is 7.40. The summed E-state index contributed by atoms with van der Waals surface area (Å²) in [7, 11) is 0. The number of nitrogens with one attached hydrogen (secondary N) is 2. The van der Waals surface area contributed by atoms with E-state index < -0.39 is 0 Å². The molecule has 25 heavy (non-hydrogen) atoms. The highest BCUT2D eigenvalue weighted by Gasteiger charge is 2.23. The molecule has 2 fully saturated rings. The lowest BCUT2D eigenvalue weighted by Crippen LogP contribution is -2.48. The molecule has 2 amide bonds. The molecule has 2 aliphatic rings. The number of urea groups is 1. The lowest BCUT2D eigenvalue weighted by molar-refractivity contribution is 0.216. The van der Waals surface area contributed by atoms with Crippen LogP contribution in [0.5, 0.6) is 0 Å². The van der Waals surface area contributed by atoms with Gasteiger partial charge < -0.3 is 10.6 Å². The van der Waals surface area contributed by atoms with Gasteiger partial charge in [-0.2, -0.15) is 0 Å². The minimum absolute atomic E-state index is 0. The van der Waals surface area contributed by atoms with Gasteiger partial charge in [-0.3, -0.25) is 0 Å². The van der Waals surface area contributed by atoms with Crippen molar-refractivity contribution in [1.82, 2.24) is 10.6 Å². The van der Waals surface area contributed by atoms with Gasteiger partial charge in [-0.05, 0) is 63.2 Å². The van der Waals surface area contributed by atoms with Gasteiger partial charge in [0.25, 0.3) is 0 Å². The van der Waals surface area contributed by atoms with E-state index in [2.05, 4.69) is 24.5 Å². The van der Waals surface area contributed by atoms with Crippen molar-refractivity contribution in [3.05, 3.63) is 0 Å². The van der Waals surface area contributed by atoms with Gasteiger partial charge >= 0.3 is 6.03 Å². The molecule has 0 aromatic heterocycles. The molecule has 0 saturated heterocycles. The average Bonchev–Trinajstić information content (AvgIpc) is 2.69. The Kier molecular flexibility index (Phi) is 19.2. The molecule has 0 aliphatic heterocycles. The number of rotatable bonds is 3. The van der Waals surface area contributed by atoms with E-state index in [9.17, 15) is 4.79 Å². The summed E-state index contributed by atoms with van der Waals surface area (Å²) in [6, 6.07) is 0.882. The summed E-state index contributed by atoms with van der Waals surface area (Å²) < 4.78 is 0. The third-order valence-corrected chi connectivity index (χ3v) is 5.11. The van der Waals surface area contributed by atoms with E-state index in [0.29, 0.717) is 12.1 Å². The van der Waals surface area contributed by atoms with E-state index >= 15 is 0 Å². The maximum absolute atomic E-state index is 12.0. The molecule has 2 N–H and O–H groups in total. The third-order valence-electron chi connectivity index (χ3n) is 5.11. The van der Waals surface area contributed by atoms with E-state index in [1.165, 1.54) is 32.1 Å². The van der Waals surface area contributed by atoms with Crippen molar-refractivity contribution in [2.75, 3.05) is 0 Å². The maximum atomic E-state index is 12.0. The normalized spacial score (nSPS) is 27.8. The first-order valence-corrected chi connectivity index (χ1v) is 11.2. The zero-order chi connectivity index (χ0) is 19.7. The quantitative estimate of drug-likeness (QED) is 0.540. The van der Waals surface area contributed by atoms with Crippen LogP contribution in [0.15, 0.2) is 0 Å². The molecule has 0 atom stereocenters. The summed E-state index contributed by atoms with van der Waals surface area (Å²) in [6.45, 7) is 16.6. The topological polar surface area (TPSA) is 41.1 Å². The number of carbonyl (C=O) groups excluding carboxylic acids is 1. The lowest BCUT2D eigenvalue weighted by atomic mass is 9.84. The molecule has 0 heterocycles. The van der Waals surface area contributed by atoms with Crippen LogP contribution in [-0.4, -0.2) is 18.1 Å². The maximum Gasteiger partial charge on any atom is 0.315 e. The highest BCUT2D eigenvalue weighted by atomic mass is 16.2. The molecule has 3 nitrogen and oxygen atoms in total. The van der Waals surface area contributed by atoms with Crippen LogP contribution in [-0.2, 0) is 0 Å². The van der Waals surface area contributed by atoms with Gasteiger partial charge in [-0.25, -0.2) is 4.79 Å². The van der Waals surface area contributed by atoms with Gasteiger partial charge in [-0.1, -0.05) is 61.8 Å². The van der Waals surface area contributed by atoms with E-state index in [4.69, 9.17) is 0 Å². The number of hydrogen-bond acceptors (Lipinski definition) is 1. The van der Waals surface area contributed by atoms with E-state index in [-0.39, 0.29) is 8.88 Å². The fourth-order valence-electron chi connectivity index (χ4n) is 3.53. The minimum Gasteiger partial charge on any atom is -0.335 e. The second kappa shape index (κ2) is 18.1. The molecule has 0 aromatic carbocycles. The molecule has 2 aliphatic carbocycles. The largest absolute Gasteiger partial charge is 0.335 e. The van der Waals surface area contributed by atoms with E-state index in [1.807, 2.05) is 41.5 Å². The van der Waals surface area contributed by atoms with E-state index in [0.717, 1.165) is 37.5 Å². The van der Waals surface area contributed by atoms with Gasteiger partial charge in [0.2, 0.25) is 0 Å². The van der Waals surface area contributed by atoms with Crippen LogP contribution in [0.1, 0.15) is 116 Å². The average molecular weight is 361 g/mol. The molecule has 156 valence electrons. The van der Waals surface area contributed by atoms with Crippen LogP contribution >= 0.6 is 0 Å². The summed E-state index contributed by atoms with van der Waals surface area (Å²) in [4.78, 5) is 12.0. The van der Waals surface area contributed by atoms with Crippen molar-refractivity contribution in [1.29, 1.82) is 0 Å². The van der Waals surface area contributed by atoms with Gasteiger partial charge in [-0.15, -0.1) is 0 Å². The fraction of sp³-hybridized carbons (Fsp3) is 0.955. The predicted molar refractivity (Wildman–Crippen MR) is 117 cm³/mol. The van der Waals surface area contributed by atoms with Crippen LogP contribution in [0.25, 0.3) is 0 Å². The Labute approximate surface area is 162 Å². The summed E-state index contributed by atoms with van der Waals surface area (Å²) in [5.74, 6) is 1.73. The summed E-state index contributed by atoms with van der Waals surface area (Å²) >= 11 is 0. The zero-order valence-corrected chi connectivity index (χ0v) is 18.6. The molecule has 0 aromatic rings. The van der Waals surface area contributed by atoms with Crippen LogP contribution in [0.3, 0.4) is 0 Å². The Morgan fingerprint density at radius 2 is 1.12 bits per heavy atom. The first-order chi connectivity index (χ1) is 12.2. The van der Waals surface area contributed by atoms with Gasteiger partial charge in [0.15, 0.2) is 0 Å². The Hall–Kier alpha value is -0.730. The molecule has 3 heteroatoms. The molecular weight excluding hydrogens is 308 g/mol. The minimum atomic E-state index is 0. The van der Waals surface area contributed by atoms with E-state index in [1.54, 1.807) is 0 Å². The second-order valence-electron chi connectivity index (χ2n) is 6.70. The first kappa shape index (κ1) is 26.5. The molecule has 0 unspecified atom stereocenters. The van der Waals surface area contributed by atoms with Crippen LogP contribution in [0.4, 0.5) is 4.79 Å². The summed E-state index contributed by atoms with van der Waals surface area (Å²) in [5.41, 5.74) is 0. The van der Waals surface area contributed by atoms with Crippen molar-refractivity contribution in [2.24, 2.45) is 11.8 Å². The molecule has 2 saturated carbocycles. The first-order valence-electron chi connectivity index (χ1n) is 11.2. The number of hydrogen-bond donors (Lipinski definition) is 2. The van der Waals surface area contributed by atoms with Crippen molar-refractivity contribution in [2.45, 2.75) is 125 Å². The Morgan fingerprint density at radius 1 is 0.760 bits per heavy atom. The molecule has 0 bridgehead atoms. The SMILES string of the molecule is CC.CC.CC.CCC1CCC(NC(=O)NC2CCC(C)CC2)CC1.[HH].[HH]. The highest BCUT2D eigenvalue weighted by Crippen LogP contribution is 2.26. The summed E-state index contributed by atoms with van der Waals surface area (Å²) in [5, 5.41) is 6.33. The summed E-state index contributed by atoms with van der Waals surface area (Å²) in [6.07, 6.45) is 11.0. The molecule has 0 spiro atoms. The smallest absolute Gasteiger partial charge is 0.315 e. The van der Waals surface area contributed by atoms with Crippen molar-refractivity contribution < 1.29 is 7.65 Å². The lowest BCUT2D eigenvalue weighted by Gasteiger charge is -2.30. The third kappa shape index (κ3) is 12.3. The standard InChI is InChI=1S/C16H30N2O.3C2H6.2H2/c1-3-13-6-10-15(11-7-13)18-16(19)17-14-8-4-12(2)5-9-14;3*1-2;;/h12-15H,3-11H2,1-2H3,(H2,17,18,19);3*1-2H3;2*1H. The van der Waals surface area contributed by atoms with Crippen molar-refractivity contribution in [3.63, 3.8) is 0 Å². The molecular formula is C22H52N2O. The Balaban J connectivity index is -0.000000301. The second-order valence-corrected chi connectivity index (χ2v) is 6.70. The van der Waals surface area contributed by atoms with Crippen molar-refractivity contribution in [3.8, 4) is 0 Å². The van der Waals surface area contributed by atoms with Crippen molar-refractivity contribution >= 4 is 6.03 Å². The zero-order valence-electron chi connectivity index (χ0n) is 18.6. The van der Waals surface area contributed by atoms with Crippen LogP contribution in [0.2, 0.25) is 0 Å². The van der Waals surface area contributed by atoms with Gasteiger partial charge in [0.05, 0.1) is 0 Å². The van der Waals surface area contributed by atoms with Gasteiger partial charge in [0, 0.05) is 14.9 Å². The molecule has 2 rings (SSSR count). The van der Waals surface area contributed by atoms with Gasteiger partial charge in [0.1, 0.15) is 0 Å². The Morgan fingerprint density at radius 3 is 1.48 bits per heavy atom. The fourth-order valence-corrected chi connectivity index (χ4v) is 3.53. The molecule has 0 radical (unpaired) electrons. The number of carbonyl (C=O) groups is 1. The monoisotopic (exact) mass is 360 g/mol.